The molecule has 0 amide bonds. The minimum atomic E-state index is 0.156. The number of hydrogen-bond acceptors (Lipinski definition) is 3. The zero-order valence-corrected chi connectivity index (χ0v) is 14.4. The van der Waals surface area contributed by atoms with E-state index in [1.54, 1.807) is 0 Å². The molecule has 2 aliphatic heterocycles. The Morgan fingerprint density at radius 2 is 2.15 bits per heavy atom. The fourth-order valence-corrected chi connectivity index (χ4v) is 4.78. The first kappa shape index (κ1) is 14.7. The summed E-state index contributed by atoms with van der Waals surface area (Å²) in [5.41, 5.74) is 2.65. The largest absolute Gasteiger partial charge is 0.382 e. The highest BCUT2D eigenvalue weighted by Crippen LogP contribution is 2.38. The summed E-state index contributed by atoms with van der Waals surface area (Å²) in [6.45, 7) is 3.02. The number of rotatable bonds is 2. The molecule has 0 bridgehead atoms. The van der Waals surface area contributed by atoms with Crippen molar-refractivity contribution < 1.29 is 4.74 Å². The summed E-state index contributed by atoms with van der Waals surface area (Å²) in [7, 11) is 0. The molecule has 0 aromatic heterocycles. The molecule has 3 rings (SSSR count). The Bertz CT molecular complexity index is 468. The SMILES string of the molecule is Cc1ccc(NC2CCOC3(CCSCC3)C2)cc1Br. The maximum atomic E-state index is 6.15. The van der Waals surface area contributed by atoms with Crippen LogP contribution in [0.15, 0.2) is 22.7 Å². The standard InChI is InChI=1S/C16H22BrNOS/c1-12-2-3-13(10-15(12)17)18-14-4-7-19-16(11-14)5-8-20-9-6-16/h2-3,10,14,18H,4-9,11H2,1H3. The van der Waals surface area contributed by atoms with Crippen molar-refractivity contribution in [2.24, 2.45) is 0 Å². The van der Waals surface area contributed by atoms with E-state index >= 15 is 0 Å². The number of nitrogens with one attached hydrogen (secondary N) is 1. The van der Waals surface area contributed by atoms with E-state index < -0.39 is 0 Å². The molecular weight excluding hydrogens is 334 g/mol. The zero-order chi connectivity index (χ0) is 14.0. The van der Waals surface area contributed by atoms with Gasteiger partial charge >= 0.3 is 0 Å². The molecule has 1 unspecified atom stereocenters. The summed E-state index contributed by atoms with van der Waals surface area (Å²) in [6.07, 6.45) is 4.69. The molecule has 2 aliphatic rings. The van der Waals surface area contributed by atoms with Gasteiger partial charge in [0.25, 0.3) is 0 Å². The number of ether oxygens (including phenoxy) is 1. The van der Waals surface area contributed by atoms with Crippen LogP contribution in [-0.4, -0.2) is 29.8 Å². The highest BCUT2D eigenvalue weighted by Gasteiger charge is 2.38. The molecule has 1 aromatic rings. The summed E-state index contributed by atoms with van der Waals surface area (Å²) < 4.78 is 7.33. The molecule has 1 spiro atoms. The van der Waals surface area contributed by atoms with Crippen LogP contribution in [0, 0.1) is 6.92 Å². The topological polar surface area (TPSA) is 21.3 Å². The Hall–Kier alpha value is -0.190. The second-order valence-corrected chi connectivity index (χ2v) is 8.02. The number of halogens is 1. The second-order valence-electron chi connectivity index (χ2n) is 5.94. The smallest absolute Gasteiger partial charge is 0.0717 e. The van der Waals surface area contributed by atoms with Gasteiger partial charge in [0.15, 0.2) is 0 Å². The van der Waals surface area contributed by atoms with Gasteiger partial charge in [-0.3, -0.25) is 0 Å². The first-order chi connectivity index (χ1) is 9.67. The minimum absolute atomic E-state index is 0.156. The number of benzene rings is 1. The summed E-state index contributed by atoms with van der Waals surface area (Å²) >= 11 is 5.68. The van der Waals surface area contributed by atoms with Gasteiger partial charge in [0.1, 0.15) is 0 Å². The molecule has 2 fully saturated rings. The average molecular weight is 356 g/mol. The van der Waals surface area contributed by atoms with Crippen LogP contribution in [0.1, 0.15) is 31.2 Å². The molecule has 1 N–H and O–H groups in total. The van der Waals surface area contributed by atoms with Crippen molar-refractivity contribution in [3.63, 3.8) is 0 Å². The molecule has 1 atom stereocenters. The molecule has 0 saturated carbocycles. The Kier molecular flexibility index (Phi) is 4.63. The fraction of sp³-hybridized carbons (Fsp3) is 0.625. The van der Waals surface area contributed by atoms with Crippen LogP contribution in [0.2, 0.25) is 0 Å². The van der Waals surface area contributed by atoms with Gasteiger partial charge in [-0.25, -0.2) is 0 Å². The predicted molar refractivity (Wildman–Crippen MR) is 90.8 cm³/mol. The van der Waals surface area contributed by atoms with Gasteiger partial charge in [-0.15, -0.1) is 0 Å². The first-order valence-electron chi connectivity index (χ1n) is 7.41. The molecule has 20 heavy (non-hydrogen) atoms. The third kappa shape index (κ3) is 3.34. The van der Waals surface area contributed by atoms with Crippen molar-refractivity contribution in [3.8, 4) is 0 Å². The Morgan fingerprint density at radius 3 is 2.90 bits per heavy atom. The molecule has 4 heteroatoms. The lowest BCUT2D eigenvalue weighted by atomic mass is 9.85. The first-order valence-corrected chi connectivity index (χ1v) is 9.36. The lowest BCUT2D eigenvalue weighted by Crippen LogP contribution is -2.46. The maximum absolute atomic E-state index is 6.15. The summed E-state index contributed by atoms with van der Waals surface area (Å²) in [4.78, 5) is 0. The van der Waals surface area contributed by atoms with Gasteiger partial charge in [0.2, 0.25) is 0 Å². The number of hydrogen-bond donors (Lipinski definition) is 1. The van der Waals surface area contributed by atoms with Crippen molar-refractivity contribution in [1.29, 1.82) is 0 Å². The van der Waals surface area contributed by atoms with Gasteiger partial charge in [-0.05, 0) is 61.8 Å². The predicted octanol–water partition coefficient (Wildman–Crippen LogP) is 4.61. The van der Waals surface area contributed by atoms with Crippen LogP contribution in [0.5, 0.6) is 0 Å². The normalized spacial score (nSPS) is 25.6. The monoisotopic (exact) mass is 355 g/mol. The van der Waals surface area contributed by atoms with Crippen molar-refractivity contribution >= 4 is 33.4 Å². The summed E-state index contributed by atoms with van der Waals surface area (Å²) in [5.74, 6) is 2.51. The zero-order valence-electron chi connectivity index (χ0n) is 12.0. The fourth-order valence-electron chi connectivity index (χ4n) is 3.16. The third-order valence-electron chi connectivity index (χ3n) is 4.44. The van der Waals surface area contributed by atoms with Crippen LogP contribution >= 0.6 is 27.7 Å². The van der Waals surface area contributed by atoms with E-state index in [9.17, 15) is 0 Å². The quantitative estimate of drug-likeness (QED) is 0.836. The van der Waals surface area contributed by atoms with Crippen LogP contribution < -0.4 is 5.32 Å². The van der Waals surface area contributed by atoms with E-state index in [0.717, 1.165) is 19.4 Å². The molecule has 2 heterocycles. The molecular formula is C16H22BrNOS. The van der Waals surface area contributed by atoms with Gasteiger partial charge in [-0.1, -0.05) is 22.0 Å². The number of anilines is 1. The van der Waals surface area contributed by atoms with Gasteiger partial charge in [-0.2, -0.15) is 11.8 Å². The molecule has 0 radical (unpaired) electrons. The van der Waals surface area contributed by atoms with Crippen molar-refractivity contribution in [1.82, 2.24) is 0 Å². The highest BCUT2D eigenvalue weighted by atomic mass is 79.9. The Morgan fingerprint density at radius 1 is 1.35 bits per heavy atom. The van der Waals surface area contributed by atoms with Gasteiger partial charge in [0, 0.05) is 22.8 Å². The Balaban J connectivity index is 1.66. The molecule has 0 aliphatic carbocycles. The van der Waals surface area contributed by atoms with Crippen molar-refractivity contribution in [3.05, 3.63) is 28.2 Å². The van der Waals surface area contributed by atoms with E-state index in [1.165, 1.54) is 40.1 Å². The van der Waals surface area contributed by atoms with E-state index in [1.807, 2.05) is 0 Å². The van der Waals surface area contributed by atoms with Crippen LogP contribution in [-0.2, 0) is 4.74 Å². The number of aryl methyl sites for hydroxylation is 1. The van der Waals surface area contributed by atoms with Crippen LogP contribution in [0.4, 0.5) is 5.69 Å². The summed E-state index contributed by atoms with van der Waals surface area (Å²) in [6, 6.07) is 7.08. The van der Waals surface area contributed by atoms with E-state index in [4.69, 9.17) is 4.74 Å². The average Bonchev–Trinajstić information content (AvgIpc) is 2.44. The summed E-state index contributed by atoms with van der Waals surface area (Å²) in [5, 5.41) is 3.70. The maximum Gasteiger partial charge on any atom is 0.0717 e. The van der Waals surface area contributed by atoms with Gasteiger partial charge < -0.3 is 10.1 Å². The van der Waals surface area contributed by atoms with E-state index in [2.05, 4.69) is 58.1 Å². The van der Waals surface area contributed by atoms with Crippen LogP contribution in [0.3, 0.4) is 0 Å². The third-order valence-corrected chi connectivity index (χ3v) is 6.28. The molecule has 2 nitrogen and oxygen atoms in total. The van der Waals surface area contributed by atoms with Gasteiger partial charge in [0.05, 0.1) is 5.60 Å². The second kappa shape index (κ2) is 6.29. The lowest BCUT2D eigenvalue weighted by Gasteiger charge is -2.43. The number of thioether (sulfide) groups is 1. The molecule has 2 saturated heterocycles. The Labute approximate surface area is 134 Å². The lowest BCUT2D eigenvalue weighted by molar-refractivity contribution is -0.0865. The van der Waals surface area contributed by atoms with Crippen molar-refractivity contribution in [2.45, 2.75) is 44.2 Å². The van der Waals surface area contributed by atoms with Crippen LogP contribution in [0.25, 0.3) is 0 Å². The van der Waals surface area contributed by atoms with Crippen molar-refractivity contribution in [2.75, 3.05) is 23.4 Å². The highest BCUT2D eigenvalue weighted by molar-refractivity contribution is 9.10. The molecule has 1 aromatic carbocycles. The van der Waals surface area contributed by atoms with E-state index in [-0.39, 0.29) is 5.60 Å². The minimum Gasteiger partial charge on any atom is -0.382 e. The molecule has 110 valence electrons. The van der Waals surface area contributed by atoms with E-state index in [0.29, 0.717) is 6.04 Å².